The van der Waals surface area contributed by atoms with Gasteiger partial charge in [0.1, 0.15) is 0 Å². The molecule has 1 heterocycles. The number of nitrogens with zero attached hydrogens (tertiary/aromatic N) is 1. The van der Waals surface area contributed by atoms with Crippen LogP contribution in [-0.4, -0.2) is 11.0 Å². The molecular formula is C13H17BrN2. The van der Waals surface area contributed by atoms with Crippen molar-refractivity contribution in [2.75, 3.05) is 0 Å². The van der Waals surface area contributed by atoms with Crippen LogP contribution in [0.2, 0.25) is 0 Å². The first-order valence-corrected chi connectivity index (χ1v) is 6.94. The summed E-state index contributed by atoms with van der Waals surface area (Å²) in [5.74, 6) is 1.96. The number of pyridine rings is 1. The topological polar surface area (TPSA) is 24.9 Å². The van der Waals surface area contributed by atoms with Crippen molar-refractivity contribution >= 4 is 15.9 Å². The molecule has 2 bridgehead atoms. The van der Waals surface area contributed by atoms with Gasteiger partial charge in [-0.25, -0.2) is 0 Å². The van der Waals surface area contributed by atoms with Crippen LogP contribution in [0.5, 0.6) is 0 Å². The third-order valence-corrected chi connectivity index (χ3v) is 4.54. The molecule has 0 saturated heterocycles. The van der Waals surface area contributed by atoms with Crippen LogP contribution in [-0.2, 0) is 6.54 Å². The third kappa shape index (κ3) is 2.16. The van der Waals surface area contributed by atoms with Crippen molar-refractivity contribution in [3.8, 4) is 0 Å². The first kappa shape index (κ1) is 10.7. The molecule has 1 aromatic rings. The van der Waals surface area contributed by atoms with Crippen LogP contribution in [0.25, 0.3) is 0 Å². The predicted molar refractivity (Wildman–Crippen MR) is 68.0 cm³/mol. The number of halogens is 1. The summed E-state index contributed by atoms with van der Waals surface area (Å²) in [5.41, 5.74) is 1.14. The molecular weight excluding hydrogens is 264 g/mol. The summed E-state index contributed by atoms with van der Waals surface area (Å²) in [6, 6.07) is 4.90. The largest absolute Gasteiger partial charge is 0.308 e. The maximum Gasteiger partial charge on any atom is 0.0542 e. The summed E-state index contributed by atoms with van der Waals surface area (Å²) in [7, 11) is 0. The van der Waals surface area contributed by atoms with Gasteiger partial charge in [-0.1, -0.05) is 6.42 Å². The van der Waals surface area contributed by atoms with Crippen LogP contribution < -0.4 is 5.32 Å². The highest BCUT2D eigenvalue weighted by molar-refractivity contribution is 9.10. The molecule has 86 valence electrons. The second-order valence-electron chi connectivity index (χ2n) is 5.13. The van der Waals surface area contributed by atoms with Crippen molar-refractivity contribution in [2.24, 2.45) is 11.8 Å². The van der Waals surface area contributed by atoms with Gasteiger partial charge in [-0.15, -0.1) is 0 Å². The van der Waals surface area contributed by atoms with Gasteiger partial charge >= 0.3 is 0 Å². The predicted octanol–water partition coefficient (Wildman–Crippen LogP) is 3.12. The Morgan fingerprint density at radius 2 is 2.25 bits per heavy atom. The van der Waals surface area contributed by atoms with E-state index in [1.165, 1.54) is 25.7 Å². The Balaban J connectivity index is 1.55. The molecule has 0 amide bonds. The second kappa shape index (κ2) is 4.46. The SMILES string of the molecule is Brc1ccc(CNC2CC3CCC2C3)nc1. The highest BCUT2D eigenvalue weighted by Crippen LogP contribution is 2.44. The molecule has 0 spiro atoms. The zero-order valence-electron chi connectivity index (χ0n) is 9.32. The molecule has 0 radical (unpaired) electrons. The van der Waals surface area contributed by atoms with E-state index in [1.54, 1.807) is 0 Å². The minimum Gasteiger partial charge on any atom is -0.308 e. The van der Waals surface area contributed by atoms with E-state index in [1.807, 2.05) is 6.20 Å². The highest BCUT2D eigenvalue weighted by atomic mass is 79.9. The maximum absolute atomic E-state index is 4.39. The fourth-order valence-electron chi connectivity index (χ4n) is 3.24. The van der Waals surface area contributed by atoms with Crippen LogP contribution in [0.3, 0.4) is 0 Å². The average molecular weight is 281 g/mol. The van der Waals surface area contributed by atoms with Gasteiger partial charge in [0.05, 0.1) is 5.69 Å². The standard InChI is InChI=1S/C13H17BrN2/c14-11-3-4-12(15-7-11)8-16-13-6-9-1-2-10(13)5-9/h3-4,7,9-10,13,16H,1-2,5-6,8H2. The number of fused-ring (bicyclic) bond motifs is 2. The van der Waals surface area contributed by atoms with Gasteiger partial charge in [0.15, 0.2) is 0 Å². The van der Waals surface area contributed by atoms with Gasteiger partial charge in [-0.3, -0.25) is 4.98 Å². The van der Waals surface area contributed by atoms with Crippen molar-refractivity contribution in [3.05, 3.63) is 28.5 Å². The van der Waals surface area contributed by atoms with Gasteiger partial charge in [0, 0.05) is 23.3 Å². The number of rotatable bonds is 3. The van der Waals surface area contributed by atoms with Crippen LogP contribution in [0.15, 0.2) is 22.8 Å². The van der Waals surface area contributed by atoms with E-state index in [0.717, 1.165) is 34.6 Å². The molecule has 2 nitrogen and oxygen atoms in total. The Kier molecular flexibility index (Phi) is 2.99. The first-order valence-electron chi connectivity index (χ1n) is 6.15. The molecule has 1 aromatic heterocycles. The summed E-state index contributed by atoms with van der Waals surface area (Å²) in [4.78, 5) is 4.39. The number of nitrogens with one attached hydrogen (secondary N) is 1. The van der Waals surface area contributed by atoms with Gasteiger partial charge in [0.2, 0.25) is 0 Å². The van der Waals surface area contributed by atoms with E-state index in [9.17, 15) is 0 Å². The molecule has 3 atom stereocenters. The first-order chi connectivity index (χ1) is 7.81. The minimum atomic E-state index is 0.754. The van der Waals surface area contributed by atoms with Crippen molar-refractivity contribution in [2.45, 2.75) is 38.3 Å². The number of hydrogen-bond donors (Lipinski definition) is 1. The zero-order valence-corrected chi connectivity index (χ0v) is 10.9. The van der Waals surface area contributed by atoms with Crippen molar-refractivity contribution in [1.82, 2.24) is 10.3 Å². The molecule has 0 aliphatic heterocycles. The number of hydrogen-bond acceptors (Lipinski definition) is 2. The Hall–Kier alpha value is -0.410. The lowest BCUT2D eigenvalue weighted by atomic mass is 9.95. The average Bonchev–Trinajstić information content (AvgIpc) is 2.90. The van der Waals surface area contributed by atoms with Crippen LogP contribution in [0.4, 0.5) is 0 Å². The fourth-order valence-corrected chi connectivity index (χ4v) is 3.48. The van der Waals surface area contributed by atoms with E-state index in [-0.39, 0.29) is 0 Å². The Morgan fingerprint density at radius 3 is 2.88 bits per heavy atom. The third-order valence-electron chi connectivity index (χ3n) is 4.07. The normalized spacial score (nSPS) is 32.2. The van der Waals surface area contributed by atoms with Crippen molar-refractivity contribution < 1.29 is 0 Å². The molecule has 2 aliphatic rings. The summed E-state index contributed by atoms with van der Waals surface area (Å²) in [6.07, 6.45) is 7.64. The Labute approximate surface area is 105 Å². The smallest absolute Gasteiger partial charge is 0.0542 e. The lowest BCUT2D eigenvalue weighted by Gasteiger charge is -2.22. The van der Waals surface area contributed by atoms with E-state index < -0.39 is 0 Å². The summed E-state index contributed by atoms with van der Waals surface area (Å²) >= 11 is 3.41. The molecule has 1 N–H and O–H groups in total. The quantitative estimate of drug-likeness (QED) is 0.920. The Morgan fingerprint density at radius 1 is 1.31 bits per heavy atom. The molecule has 16 heavy (non-hydrogen) atoms. The molecule has 2 fully saturated rings. The van der Waals surface area contributed by atoms with Crippen molar-refractivity contribution in [1.29, 1.82) is 0 Å². The molecule has 2 aliphatic carbocycles. The van der Waals surface area contributed by atoms with Crippen LogP contribution in [0.1, 0.15) is 31.4 Å². The summed E-state index contributed by atoms with van der Waals surface area (Å²) < 4.78 is 1.05. The molecule has 2 saturated carbocycles. The van der Waals surface area contributed by atoms with Gasteiger partial charge in [-0.05, 0) is 59.2 Å². The van der Waals surface area contributed by atoms with E-state index in [0.29, 0.717) is 0 Å². The van der Waals surface area contributed by atoms with Crippen LogP contribution in [0, 0.1) is 11.8 Å². The lowest BCUT2D eigenvalue weighted by molar-refractivity contribution is 0.349. The molecule has 0 aromatic carbocycles. The fraction of sp³-hybridized carbons (Fsp3) is 0.615. The van der Waals surface area contributed by atoms with Crippen molar-refractivity contribution in [3.63, 3.8) is 0 Å². The van der Waals surface area contributed by atoms with E-state index in [4.69, 9.17) is 0 Å². The summed E-state index contributed by atoms with van der Waals surface area (Å²) in [6.45, 7) is 0.918. The van der Waals surface area contributed by atoms with E-state index >= 15 is 0 Å². The summed E-state index contributed by atoms with van der Waals surface area (Å²) in [5, 5.41) is 3.67. The van der Waals surface area contributed by atoms with Gasteiger partial charge < -0.3 is 5.32 Å². The molecule has 3 heteroatoms. The lowest BCUT2D eigenvalue weighted by Crippen LogP contribution is -2.33. The Bertz CT molecular complexity index is 363. The zero-order chi connectivity index (χ0) is 11.0. The highest BCUT2D eigenvalue weighted by Gasteiger charge is 2.38. The number of aromatic nitrogens is 1. The van der Waals surface area contributed by atoms with Gasteiger partial charge in [0.25, 0.3) is 0 Å². The monoisotopic (exact) mass is 280 g/mol. The molecule has 3 rings (SSSR count). The second-order valence-corrected chi connectivity index (χ2v) is 6.05. The maximum atomic E-state index is 4.39. The minimum absolute atomic E-state index is 0.754. The molecule has 3 unspecified atom stereocenters. The van der Waals surface area contributed by atoms with Gasteiger partial charge in [-0.2, -0.15) is 0 Å². The van der Waals surface area contributed by atoms with E-state index in [2.05, 4.69) is 38.4 Å². The van der Waals surface area contributed by atoms with Crippen LogP contribution >= 0.6 is 15.9 Å².